The number of rotatable bonds is 6. The molecule has 1 rings (SSSR count). The topological polar surface area (TPSA) is 71.2 Å². The second kappa shape index (κ2) is 7.03. The van der Waals surface area contributed by atoms with E-state index in [2.05, 4.69) is 39.8 Å². The molecular formula is C11H18IN3O. The van der Waals surface area contributed by atoms with Crippen molar-refractivity contribution >= 4 is 28.4 Å². The standard InChI is InChI=1S/C11H18IN3O/c1-2-3-6-14-7-10(16)9-5-4-8(12)11(13)15-9/h4-5,10,14,16H,2-3,6-7H2,1H3,(H2,13,15)/t10-/m0/s1. The van der Waals surface area contributed by atoms with Crippen LogP contribution in [0.4, 0.5) is 5.82 Å². The molecule has 0 bridgehead atoms. The summed E-state index contributed by atoms with van der Waals surface area (Å²) in [5.41, 5.74) is 6.31. The average Bonchev–Trinajstić information content (AvgIpc) is 2.28. The minimum atomic E-state index is -0.587. The highest BCUT2D eigenvalue weighted by Gasteiger charge is 2.09. The first kappa shape index (κ1) is 13.7. The Morgan fingerprint density at radius 1 is 1.56 bits per heavy atom. The van der Waals surface area contributed by atoms with E-state index >= 15 is 0 Å². The predicted molar refractivity (Wildman–Crippen MR) is 74.1 cm³/mol. The smallest absolute Gasteiger partial charge is 0.137 e. The molecule has 0 aliphatic rings. The van der Waals surface area contributed by atoms with Gasteiger partial charge in [0.1, 0.15) is 11.9 Å². The molecule has 5 heteroatoms. The maximum atomic E-state index is 9.85. The summed E-state index contributed by atoms with van der Waals surface area (Å²) in [6.45, 7) is 3.58. The van der Waals surface area contributed by atoms with Crippen LogP contribution < -0.4 is 11.1 Å². The second-order valence-corrected chi connectivity index (χ2v) is 4.84. The fraction of sp³-hybridized carbons (Fsp3) is 0.545. The summed E-state index contributed by atoms with van der Waals surface area (Å²) in [4.78, 5) is 4.15. The molecule has 1 aromatic rings. The zero-order valence-electron chi connectivity index (χ0n) is 9.41. The molecule has 0 unspecified atom stereocenters. The maximum absolute atomic E-state index is 9.85. The van der Waals surface area contributed by atoms with Gasteiger partial charge in [-0.15, -0.1) is 0 Å². The van der Waals surface area contributed by atoms with Gasteiger partial charge in [0.25, 0.3) is 0 Å². The maximum Gasteiger partial charge on any atom is 0.137 e. The highest BCUT2D eigenvalue weighted by molar-refractivity contribution is 14.1. The van der Waals surface area contributed by atoms with E-state index in [0.717, 1.165) is 23.0 Å². The summed E-state index contributed by atoms with van der Waals surface area (Å²) in [5, 5.41) is 13.0. The molecule has 1 heterocycles. The van der Waals surface area contributed by atoms with Gasteiger partial charge in [0.15, 0.2) is 0 Å². The van der Waals surface area contributed by atoms with Crippen LogP contribution in [0.1, 0.15) is 31.6 Å². The van der Waals surface area contributed by atoms with Crippen molar-refractivity contribution in [3.8, 4) is 0 Å². The monoisotopic (exact) mass is 335 g/mol. The van der Waals surface area contributed by atoms with Crippen molar-refractivity contribution in [1.82, 2.24) is 10.3 Å². The lowest BCUT2D eigenvalue weighted by Crippen LogP contribution is -2.23. The number of nitrogens with two attached hydrogens (primary N) is 1. The zero-order chi connectivity index (χ0) is 12.0. The fourth-order valence-electron chi connectivity index (χ4n) is 1.30. The molecule has 0 aliphatic carbocycles. The van der Waals surface area contributed by atoms with Crippen molar-refractivity contribution < 1.29 is 5.11 Å². The van der Waals surface area contributed by atoms with Gasteiger partial charge in [-0.05, 0) is 47.7 Å². The van der Waals surface area contributed by atoms with E-state index in [0.29, 0.717) is 18.1 Å². The molecule has 16 heavy (non-hydrogen) atoms. The number of anilines is 1. The van der Waals surface area contributed by atoms with Gasteiger partial charge in [-0.2, -0.15) is 0 Å². The number of hydrogen-bond donors (Lipinski definition) is 3. The van der Waals surface area contributed by atoms with Crippen molar-refractivity contribution in [3.05, 3.63) is 21.4 Å². The van der Waals surface area contributed by atoms with Crippen LogP contribution in [0.25, 0.3) is 0 Å². The molecule has 0 saturated heterocycles. The Labute approximate surface area is 110 Å². The number of nitrogens with zero attached hydrogens (tertiary/aromatic N) is 1. The average molecular weight is 335 g/mol. The molecule has 1 aromatic heterocycles. The first-order valence-corrected chi connectivity index (χ1v) is 6.53. The van der Waals surface area contributed by atoms with Crippen molar-refractivity contribution in [3.63, 3.8) is 0 Å². The third kappa shape index (κ3) is 4.23. The Bertz CT molecular complexity index is 333. The van der Waals surface area contributed by atoms with E-state index in [9.17, 15) is 5.11 Å². The molecular weight excluding hydrogens is 317 g/mol. The molecule has 4 nitrogen and oxygen atoms in total. The second-order valence-electron chi connectivity index (χ2n) is 3.68. The first-order chi connectivity index (χ1) is 7.65. The summed E-state index contributed by atoms with van der Waals surface area (Å²) in [6, 6.07) is 3.68. The van der Waals surface area contributed by atoms with Crippen LogP contribution in [-0.4, -0.2) is 23.2 Å². The molecule has 0 spiro atoms. The summed E-state index contributed by atoms with van der Waals surface area (Å²) in [6.07, 6.45) is 1.68. The van der Waals surface area contributed by atoms with Gasteiger partial charge in [0.2, 0.25) is 0 Å². The van der Waals surface area contributed by atoms with Crippen LogP contribution in [0.2, 0.25) is 0 Å². The first-order valence-electron chi connectivity index (χ1n) is 5.45. The van der Waals surface area contributed by atoms with Gasteiger partial charge in [-0.1, -0.05) is 13.3 Å². The van der Waals surface area contributed by atoms with Gasteiger partial charge in [-0.25, -0.2) is 4.98 Å². The van der Waals surface area contributed by atoms with E-state index in [1.807, 2.05) is 12.1 Å². The normalized spacial score (nSPS) is 12.7. The van der Waals surface area contributed by atoms with Crippen LogP contribution in [0.3, 0.4) is 0 Å². The number of hydrogen-bond acceptors (Lipinski definition) is 4. The Balaban J connectivity index is 2.46. The molecule has 0 aromatic carbocycles. The molecule has 4 N–H and O–H groups in total. The largest absolute Gasteiger partial charge is 0.385 e. The third-order valence-corrected chi connectivity index (χ3v) is 3.19. The highest BCUT2D eigenvalue weighted by atomic mass is 127. The van der Waals surface area contributed by atoms with Gasteiger partial charge in [0, 0.05) is 6.54 Å². The third-order valence-electron chi connectivity index (χ3n) is 2.28. The van der Waals surface area contributed by atoms with Gasteiger partial charge in [-0.3, -0.25) is 0 Å². The van der Waals surface area contributed by atoms with Crippen LogP contribution in [0.15, 0.2) is 12.1 Å². The van der Waals surface area contributed by atoms with Crippen molar-refractivity contribution in [2.24, 2.45) is 0 Å². The van der Waals surface area contributed by atoms with Crippen LogP contribution in [-0.2, 0) is 0 Å². The molecule has 0 fully saturated rings. The molecule has 0 saturated carbocycles. The van der Waals surface area contributed by atoms with E-state index in [1.54, 1.807) is 0 Å². The number of nitrogens with one attached hydrogen (secondary N) is 1. The highest BCUT2D eigenvalue weighted by Crippen LogP contribution is 2.16. The lowest BCUT2D eigenvalue weighted by molar-refractivity contribution is 0.170. The fourth-order valence-corrected chi connectivity index (χ4v) is 1.60. The lowest BCUT2D eigenvalue weighted by atomic mass is 10.2. The summed E-state index contributed by atoms with van der Waals surface area (Å²) >= 11 is 2.12. The minimum absolute atomic E-state index is 0.478. The van der Waals surface area contributed by atoms with Crippen molar-refractivity contribution in [1.29, 1.82) is 0 Å². The number of unbranched alkanes of at least 4 members (excludes halogenated alkanes) is 1. The van der Waals surface area contributed by atoms with Gasteiger partial charge < -0.3 is 16.2 Å². The van der Waals surface area contributed by atoms with E-state index in [-0.39, 0.29) is 0 Å². The number of pyridine rings is 1. The van der Waals surface area contributed by atoms with E-state index < -0.39 is 6.10 Å². The van der Waals surface area contributed by atoms with Crippen molar-refractivity contribution in [2.45, 2.75) is 25.9 Å². The van der Waals surface area contributed by atoms with Crippen LogP contribution >= 0.6 is 22.6 Å². The predicted octanol–water partition coefficient (Wildman–Crippen LogP) is 1.69. The summed E-state index contributed by atoms with van der Waals surface area (Å²) in [7, 11) is 0. The number of aliphatic hydroxyl groups excluding tert-OH is 1. The lowest BCUT2D eigenvalue weighted by Gasteiger charge is -2.12. The minimum Gasteiger partial charge on any atom is -0.385 e. The molecule has 90 valence electrons. The Kier molecular flexibility index (Phi) is 6.00. The summed E-state index contributed by atoms with van der Waals surface area (Å²) in [5.74, 6) is 0.478. The zero-order valence-corrected chi connectivity index (χ0v) is 11.6. The Hall–Kier alpha value is -0.400. The molecule has 1 atom stereocenters. The Morgan fingerprint density at radius 3 is 2.94 bits per heavy atom. The molecule has 0 amide bonds. The quantitative estimate of drug-likeness (QED) is 0.547. The number of halogens is 1. The van der Waals surface area contributed by atoms with Gasteiger partial charge >= 0.3 is 0 Å². The number of aliphatic hydroxyl groups is 1. The van der Waals surface area contributed by atoms with Crippen LogP contribution in [0, 0.1) is 3.57 Å². The van der Waals surface area contributed by atoms with E-state index in [4.69, 9.17) is 5.73 Å². The molecule has 0 aliphatic heterocycles. The van der Waals surface area contributed by atoms with Gasteiger partial charge in [0.05, 0.1) is 9.26 Å². The van der Waals surface area contributed by atoms with E-state index in [1.165, 1.54) is 0 Å². The number of nitrogen functional groups attached to an aromatic ring is 1. The SMILES string of the molecule is CCCCNC[C@H](O)c1ccc(I)c(N)n1. The van der Waals surface area contributed by atoms with Crippen LogP contribution in [0.5, 0.6) is 0 Å². The summed E-state index contributed by atoms with van der Waals surface area (Å²) < 4.78 is 0.910. The molecule has 0 radical (unpaired) electrons. The van der Waals surface area contributed by atoms with Crippen molar-refractivity contribution in [2.75, 3.05) is 18.8 Å². The number of aromatic nitrogens is 1. The Morgan fingerprint density at radius 2 is 2.31 bits per heavy atom.